The predicted molar refractivity (Wildman–Crippen MR) is 86.8 cm³/mol. The fourth-order valence-electron chi connectivity index (χ4n) is 2.01. The third-order valence-electron chi connectivity index (χ3n) is 3.29. The minimum absolute atomic E-state index is 0.180. The molecule has 0 spiro atoms. The van der Waals surface area contributed by atoms with Crippen LogP contribution in [0.1, 0.15) is 37.5 Å². The molecule has 0 radical (unpaired) electrons. The van der Waals surface area contributed by atoms with Crippen LogP contribution in [0.4, 0.5) is 5.69 Å². The Morgan fingerprint density at radius 1 is 0.900 bits per heavy atom. The smallest absolute Gasteiger partial charge is 0.194 e. The lowest BCUT2D eigenvalue weighted by Gasteiger charge is -2.18. The van der Waals surface area contributed by atoms with Gasteiger partial charge in [-0.1, -0.05) is 81.5 Å². The van der Waals surface area contributed by atoms with E-state index in [1.54, 1.807) is 0 Å². The van der Waals surface area contributed by atoms with Crippen molar-refractivity contribution < 1.29 is 0 Å². The minimum atomic E-state index is 0.180. The molecule has 0 amide bonds. The number of benzene rings is 2. The number of para-hydroxylation sites is 1. The molecule has 0 atom stereocenters. The average molecular weight is 261 g/mol. The van der Waals surface area contributed by atoms with Gasteiger partial charge in [0.2, 0.25) is 0 Å². The van der Waals surface area contributed by atoms with E-state index in [1.165, 1.54) is 5.56 Å². The van der Waals surface area contributed by atoms with E-state index in [0.717, 1.165) is 11.1 Å². The lowest BCUT2D eigenvalue weighted by atomic mass is 9.87. The van der Waals surface area contributed by atoms with Crippen LogP contribution in [0.2, 0.25) is 0 Å². The molecule has 0 N–H and O–H groups in total. The summed E-state index contributed by atoms with van der Waals surface area (Å²) in [5.74, 6) is 0. The van der Waals surface area contributed by atoms with E-state index in [0.29, 0.717) is 5.69 Å². The summed E-state index contributed by atoms with van der Waals surface area (Å²) in [6, 6.07) is 16.2. The highest BCUT2D eigenvalue weighted by Gasteiger charge is 2.12. The Balaban J connectivity index is 2.22. The zero-order chi connectivity index (χ0) is 14.6. The molecule has 0 aromatic heterocycles. The highest BCUT2D eigenvalue weighted by Crippen LogP contribution is 2.24. The highest BCUT2D eigenvalue weighted by atomic mass is 14.6. The van der Waals surface area contributed by atoms with E-state index in [2.05, 4.69) is 56.0 Å². The number of hydrogen-bond acceptors (Lipinski definition) is 0. The van der Waals surface area contributed by atoms with E-state index in [1.807, 2.05) is 30.3 Å². The van der Waals surface area contributed by atoms with Crippen molar-refractivity contribution in [3.63, 3.8) is 0 Å². The van der Waals surface area contributed by atoms with Crippen LogP contribution < -0.4 is 0 Å². The summed E-state index contributed by atoms with van der Waals surface area (Å²) in [6.07, 6.45) is 4.05. The Hall–Kier alpha value is -2.33. The van der Waals surface area contributed by atoms with Crippen LogP contribution >= 0.6 is 0 Å². The summed E-state index contributed by atoms with van der Waals surface area (Å²) in [5, 5.41) is 0. The first kappa shape index (κ1) is 14.1. The van der Waals surface area contributed by atoms with Crippen molar-refractivity contribution in [1.82, 2.24) is 0 Å². The quantitative estimate of drug-likeness (QED) is 0.482. The van der Waals surface area contributed by atoms with Crippen molar-refractivity contribution in [3.05, 3.63) is 76.6 Å². The van der Waals surface area contributed by atoms with Crippen molar-refractivity contribution in [2.45, 2.75) is 26.2 Å². The molecule has 0 heterocycles. The molecule has 0 aliphatic carbocycles. The van der Waals surface area contributed by atoms with Gasteiger partial charge in [-0.3, -0.25) is 0 Å². The summed E-state index contributed by atoms with van der Waals surface area (Å²) in [4.78, 5) is 3.53. The molecule has 1 nitrogen and oxygen atoms in total. The second-order valence-electron chi connectivity index (χ2n) is 5.88. The highest BCUT2D eigenvalue weighted by molar-refractivity contribution is 5.76. The molecule has 100 valence electrons. The molecule has 1 heteroatoms. The van der Waals surface area contributed by atoms with Crippen molar-refractivity contribution in [2.24, 2.45) is 0 Å². The molecule has 0 aliphatic rings. The second-order valence-corrected chi connectivity index (χ2v) is 5.88. The number of nitrogens with zero attached hydrogens (tertiary/aromatic N) is 1. The topological polar surface area (TPSA) is 4.36 Å². The molecule has 0 saturated carbocycles. The van der Waals surface area contributed by atoms with Gasteiger partial charge in [0.15, 0.2) is 5.69 Å². The van der Waals surface area contributed by atoms with Crippen LogP contribution in [0.5, 0.6) is 0 Å². The van der Waals surface area contributed by atoms with Crippen molar-refractivity contribution in [3.8, 4) is 0 Å². The first-order chi connectivity index (χ1) is 9.50. The Kier molecular flexibility index (Phi) is 4.05. The van der Waals surface area contributed by atoms with Crippen molar-refractivity contribution >= 4 is 17.8 Å². The Morgan fingerprint density at radius 3 is 2.15 bits per heavy atom. The Morgan fingerprint density at radius 2 is 1.55 bits per heavy atom. The molecular formula is C19H19N. The standard InChI is InChI=1S/C19H19N/c1-19(2,3)17-13-10-15(11-14-17)9-12-16-7-5-6-8-18(16)20-4/h5-14H,1-3H3/b12-9+. The van der Waals surface area contributed by atoms with Crippen LogP contribution in [0, 0.1) is 6.57 Å². The minimum Gasteiger partial charge on any atom is -0.238 e. The third kappa shape index (κ3) is 3.36. The first-order valence-corrected chi connectivity index (χ1v) is 6.76. The summed E-state index contributed by atoms with van der Waals surface area (Å²) in [6.45, 7) is 13.8. The van der Waals surface area contributed by atoms with Gasteiger partial charge in [-0.2, -0.15) is 0 Å². The maximum Gasteiger partial charge on any atom is 0.194 e. The van der Waals surface area contributed by atoms with Crippen molar-refractivity contribution in [2.75, 3.05) is 0 Å². The third-order valence-corrected chi connectivity index (χ3v) is 3.29. The predicted octanol–water partition coefficient (Wildman–Crippen LogP) is 5.71. The van der Waals surface area contributed by atoms with Crippen LogP contribution in [-0.4, -0.2) is 0 Å². The normalized spacial score (nSPS) is 11.5. The Bertz CT molecular complexity index is 649. The SMILES string of the molecule is [C-]#[N+]c1ccccc1/C=C/c1ccc(C(C)(C)C)cc1. The summed E-state index contributed by atoms with van der Waals surface area (Å²) in [5.41, 5.74) is 4.31. The molecule has 20 heavy (non-hydrogen) atoms. The van der Waals surface area contributed by atoms with E-state index >= 15 is 0 Å². The monoisotopic (exact) mass is 261 g/mol. The zero-order valence-corrected chi connectivity index (χ0v) is 12.2. The van der Waals surface area contributed by atoms with Gasteiger partial charge in [-0.25, -0.2) is 4.85 Å². The molecular weight excluding hydrogens is 242 g/mol. The molecule has 2 aromatic rings. The van der Waals surface area contributed by atoms with Crippen LogP contribution in [0.15, 0.2) is 48.5 Å². The number of hydrogen-bond donors (Lipinski definition) is 0. The van der Waals surface area contributed by atoms with Gasteiger partial charge >= 0.3 is 0 Å². The van der Waals surface area contributed by atoms with Crippen LogP contribution in [0.3, 0.4) is 0 Å². The molecule has 0 fully saturated rings. The van der Waals surface area contributed by atoms with Gasteiger partial charge in [0.05, 0.1) is 6.57 Å². The van der Waals surface area contributed by atoms with E-state index < -0.39 is 0 Å². The zero-order valence-electron chi connectivity index (χ0n) is 12.2. The van der Waals surface area contributed by atoms with Gasteiger partial charge in [-0.15, -0.1) is 0 Å². The van der Waals surface area contributed by atoms with E-state index in [-0.39, 0.29) is 5.41 Å². The molecule has 0 aliphatic heterocycles. The van der Waals surface area contributed by atoms with Gasteiger partial charge in [0.25, 0.3) is 0 Å². The second kappa shape index (κ2) is 5.75. The molecule has 0 bridgehead atoms. The fraction of sp³-hybridized carbons (Fsp3) is 0.211. The van der Waals surface area contributed by atoms with Gasteiger partial charge in [0, 0.05) is 0 Å². The largest absolute Gasteiger partial charge is 0.238 e. The van der Waals surface area contributed by atoms with Crippen LogP contribution in [0.25, 0.3) is 17.0 Å². The molecule has 0 saturated heterocycles. The molecule has 0 unspecified atom stereocenters. The molecule has 2 rings (SSSR count). The van der Waals surface area contributed by atoms with Gasteiger partial charge in [0.1, 0.15) is 0 Å². The average Bonchev–Trinajstić information content (AvgIpc) is 2.45. The summed E-state index contributed by atoms with van der Waals surface area (Å²) >= 11 is 0. The van der Waals surface area contributed by atoms with Crippen LogP contribution in [-0.2, 0) is 5.41 Å². The Labute approximate surface area is 121 Å². The lowest BCUT2D eigenvalue weighted by Crippen LogP contribution is -2.10. The number of rotatable bonds is 2. The van der Waals surface area contributed by atoms with E-state index in [4.69, 9.17) is 6.57 Å². The first-order valence-electron chi connectivity index (χ1n) is 6.76. The van der Waals surface area contributed by atoms with E-state index in [9.17, 15) is 0 Å². The van der Waals surface area contributed by atoms with Gasteiger partial charge in [-0.05, 0) is 22.1 Å². The van der Waals surface area contributed by atoms with Gasteiger partial charge < -0.3 is 0 Å². The molecule has 2 aromatic carbocycles. The van der Waals surface area contributed by atoms with Crippen molar-refractivity contribution in [1.29, 1.82) is 0 Å². The summed E-state index contributed by atoms with van der Waals surface area (Å²) in [7, 11) is 0. The maximum atomic E-state index is 7.16. The summed E-state index contributed by atoms with van der Waals surface area (Å²) < 4.78 is 0. The maximum absolute atomic E-state index is 7.16. The lowest BCUT2D eigenvalue weighted by molar-refractivity contribution is 0.590. The fourth-order valence-corrected chi connectivity index (χ4v) is 2.01.